The largest absolute Gasteiger partial charge is 0.483 e. The molecule has 1 saturated heterocycles. The summed E-state index contributed by atoms with van der Waals surface area (Å²) in [5.41, 5.74) is 2.59. The molecule has 4 rings (SSSR count). The topological polar surface area (TPSA) is 106 Å². The molecule has 1 amide bonds. The Morgan fingerprint density at radius 2 is 2.07 bits per heavy atom. The molecule has 1 aromatic carbocycles. The number of hydrogen-bond acceptors (Lipinski definition) is 5. The van der Waals surface area contributed by atoms with Gasteiger partial charge in [-0.3, -0.25) is 19.3 Å². The SMILES string of the molecule is Cn1ncc2ncc(C(=O)NCC3(c4cccc(F)c4)CCOCC3)cc21.O=CO. The average Bonchev–Trinajstić information content (AvgIpc) is 3.13. The van der Waals surface area contributed by atoms with Crippen molar-refractivity contribution in [2.45, 2.75) is 18.3 Å². The van der Waals surface area contributed by atoms with Crippen LogP contribution >= 0.6 is 0 Å². The standard InChI is InChI=1S/C20H21FN4O2.CH2O2/c1-25-18-9-14(11-22-17(18)12-24-25)19(26)23-13-20(5-7-27-8-6-20)15-3-2-4-16(21)10-15;2-1-3/h2-4,9-12H,5-8,13H2,1H3,(H,23,26);1H,(H,2,3). The predicted octanol–water partition coefficient (Wildman–Crippen LogP) is 2.29. The number of halogens is 1. The zero-order chi connectivity index (χ0) is 21.6. The van der Waals surface area contributed by atoms with E-state index in [9.17, 15) is 9.18 Å². The van der Waals surface area contributed by atoms with Crippen molar-refractivity contribution in [2.24, 2.45) is 7.05 Å². The molecule has 0 radical (unpaired) electrons. The number of pyridine rings is 1. The normalized spacial score (nSPS) is 15.1. The van der Waals surface area contributed by atoms with Crippen LogP contribution in [0, 0.1) is 5.82 Å². The minimum absolute atomic E-state index is 0.201. The van der Waals surface area contributed by atoms with E-state index in [2.05, 4.69) is 15.4 Å². The lowest BCUT2D eigenvalue weighted by atomic mass is 9.74. The molecule has 158 valence electrons. The zero-order valence-corrected chi connectivity index (χ0v) is 16.5. The van der Waals surface area contributed by atoms with Gasteiger partial charge in [-0.05, 0) is 36.6 Å². The van der Waals surface area contributed by atoms with E-state index in [-0.39, 0.29) is 23.6 Å². The average molecular weight is 414 g/mol. The lowest BCUT2D eigenvalue weighted by Crippen LogP contribution is -2.44. The number of aromatic nitrogens is 3. The van der Waals surface area contributed by atoms with Gasteiger partial charge in [-0.2, -0.15) is 5.10 Å². The van der Waals surface area contributed by atoms with Crippen molar-refractivity contribution in [3.63, 3.8) is 0 Å². The van der Waals surface area contributed by atoms with E-state index in [0.29, 0.717) is 25.3 Å². The van der Waals surface area contributed by atoms with Gasteiger partial charge in [0.25, 0.3) is 12.4 Å². The minimum atomic E-state index is -0.333. The van der Waals surface area contributed by atoms with Crippen LogP contribution in [0.2, 0.25) is 0 Å². The first kappa shape index (κ1) is 21.4. The van der Waals surface area contributed by atoms with Crippen LogP contribution in [0.1, 0.15) is 28.8 Å². The highest BCUT2D eigenvalue weighted by Crippen LogP contribution is 2.34. The number of amides is 1. The van der Waals surface area contributed by atoms with Gasteiger partial charge in [0.1, 0.15) is 11.3 Å². The van der Waals surface area contributed by atoms with Crippen LogP contribution in [0.15, 0.2) is 42.7 Å². The summed E-state index contributed by atoms with van der Waals surface area (Å²) in [7, 11) is 1.81. The molecule has 9 heteroatoms. The van der Waals surface area contributed by atoms with E-state index in [1.54, 1.807) is 35.3 Å². The smallest absolute Gasteiger partial charge is 0.290 e. The molecule has 8 nitrogen and oxygen atoms in total. The molecule has 0 bridgehead atoms. The first-order chi connectivity index (χ1) is 14.5. The van der Waals surface area contributed by atoms with Crippen molar-refractivity contribution >= 4 is 23.4 Å². The number of ether oxygens (including phenoxy) is 1. The molecule has 0 saturated carbocycles. The minimum Gasteiger partial charge on any atom is -0.483 e. The Bertz CT molecular complexity index is 1030. The predicted molar refractivity (Wildman–Crippen MR) is 108 cm³/mol. The number of fused-ring (bicyclic) bond motifs is 1. The number of nitrogens with zero attached hydrogens (tertiary/aromatic N) is 3. The number of carbonyl (C=O) groups excluding carboxylic acids is 1. The molecule has 30 heavy (non-hydrogen) atoms. The van der Waals surface area contributed by atoms with Gasteiger partial charge < -0.3 is 15.2 Å². The van der Waals surface area contributed by atoms with Gasteiger partial charge >= 0.3 is 0 Å². The molecule has 0 aliphatic carbocycles. The number of hydrogen-bond donors (Lipinski definition) is 2. The molecule has 0 unspecified atom stereocenters. The monoisotopic (exact) mass is 414 g/mol. The zero-order valence-electron chi connectivity index (χ0n) is 16.5. The summed E-state index contributed by atoms with van der Waals surface area (Å²) >= 11 is 0. The van der Waals surface area contributed by atoms with Crippen LogP contribution < -0.4 is 5.32 Å². The highest BCUT2D eigenvalue weighted by molar-refractivity contribution is 5.96. The van der Waals surface area contributed by atoms with Crippen LogP contribution in [-0.4, -0.2) is 52.0 Å². The summed E-state index contributed by atoms with van der Waals surface area (Å²) in [6, 6.07) is 8.40. The first-order valence-electron chi connectivity index (χ1n) is 9.47. The number of rotatable bonds is 4. The Labute approximate surface area is 172 Å². The molecule has 2 aromatic heterocycles. The Balaban J connectivity index is 0.000000806. The fourth-order valence-electron chi connectivity index (χ4n) is 3.65. The van der Waals surface area contributed by atoms with Crippen molar-refractivity contribution in [3.8, 4) is 0 Å². The summed E-state index contributed by atoms with van der Waals surface area (Å²) in [6.45, 7) is 1.35. The Morgan fingerprint density at radius 3 is 2.77 bits per heavy atom. The number of aryl methyl sites for hydroxylation is 1. The molecule has 1 aliphatic rings. The van der Waals surface area contributed by atoms with Gasteiger partial charge in [-0.15, -0.1) is 0 Å². The maximum atomic E-state index is 13.8. The van der Waals surface area contributed by atoms with Crippen molar-refractivity contribution in [2.75, 3.05) is 19.8 Å². The van der Waals surface area contributed by atoms with Crippen molar-refractivity contribution in [3.05, 3.63) is 59.7 Å². The molecule has 3 aromatic rings. The van der Waals surface area contributed by atoms with Crippen molar-refractivity contribution in [1.82, 2.24) is 20.1 Å². The lowest BCUT2D eigenvalue weighted by Gasteiger charge is -2.38. The molecular formula is C21H23FN4O4. The van der Waals surface area contributed by atoms with Gasteiger partial charge in [0.05, 0.1) is 17.3 Å². The molecule has 0 atom stereocenters. The van der Waals surface area contributed by atoms with Crippen molar-refractivity contribution < 1.29 is 23.8 Å². The van der Waals surface area contributed by atoms with E-state index >= 15 is 0 Å². The Kier molecular flexibility index (Phi) is 6.73. The number of carboxylic acid groups (broad SMARTS) is 1. The summed E-state index contributed by atoms with van der Waals surface area (Å²) < 4.78 is 21.0. The summed E-state index contributed by atoms with van der Waals surface area (Å²) in [6.07, 6.45) is 4.68. The third kappa shape index (κ3) is 4.62. The second kappa shape index (κ2) is 9.45. The fourth-order valence-corrected chi connectivity index (χ4v) is 3.65. The summed E-state index contributed by atoms with van der Waals surface area (Å²) in [5, 5.41) is 14.1. The highest BCUT2D eigenvalue weighted by atomic mass is 19.1. The molecule has 1 fully saturated rings. The maximum absolute atomic E-state index is 13.8. The van der Waals surface area contributed by atoms with Crippen LogP contribution in [0.25, 0.3) is 11.0 Å². The van der Waals surface area contributed by atoms with Crippen LogP contribution in [0.3, 0.4) is 0 Å². The molecule has 3 heterocycles. The van der Waals surface area contributed by atoms with Gasteiger partial charge in [0.2, 0.25) is 0 Å². The van der Waals surface area contributed by atoms with E-state index in [4.69, 9.17) is 14.6 Å². The van der Waals surface area contributed by atoms with Gasteiger partial charge in [-0.25, -0.2) is 4.39 Å². The highest BCUT2D eigenvalue weighted by Gasteiger charge is 2.35. The lowest BCUT2D eigenvalue weighted by molar-refractivity contribution is -0.122. The van der Waals surface area contributed by atoms with Crippen molar-refractivity contribution in [1.29, 1.82) is 0 Å². The number of nitrogens with one attached hydrogen (secondary N) is 1. The van der Waals surface area contributed by atoms with E-state index < -0.39 is 0 Å². The van der Waals surface area contributed by atoms with Crippen LogP contribution in [0.4, 0.5) is 4.39 Å². The Morgan fingerprint density at radius 1 is 1.33 bits per heavy atom. The second-order valence-corrected chi connectivity index (χ2v) is 7.09. The summed E-state index contributed by atoms with van der Waals surface area (Å²) in [4.78, 5) is 25.4. The number of benzene rings is 1. The second-order valence-electron chi connectivity index (χ2n) is 7.09. The van der Waals surface area contributed by atoms with E-state index in [1.165, 1.54) is 6.07 Å². The van der Waals surface area contributed by atoms with E-state index in [0.717, 1.165) is 29.4 Å². The third-order valence-electron chi connectivity index (χ3n) is 5.34. The fraction of sp³-hybridized carbons (Fsp3) is 0.333. The summed E-state index contributed by atoms with van der Waals surface area (Å²) in [5.74, 6) is -0.469. The van der Waals surface area contributed by atoms with Gasteiger partial charge in [-0.1, -0.05) is 12.1 Å². The third-order valence-corrected chi connectivity index (χ3v) is 5.34. The maximum Gasteiger partial charge on any atom is 0.290 e. The number of carbonyl (C=O) groups is 2. The molecular weight excluding hydrogens is 391 g/mol. The molecule has 2 N–H and O–H groups in total. The first-order valence-corrected chi connectivity index (χ1v) is 9.47. The van der Waals surface area contributed by atoms with Crippen LogP contribution in [0.5, 0.6) is 0 Å². The Hall–Kier alpha value is -3.33. The molecule has 1 aliphatic heterocycles. The van der Waals surface area contributed by atoms with Gasteiger partial charge in [0.15, 0.2) is 0 Å². The van der Waals surface area contributed by atoms with Crippen LogP contribution in [-0.2, 0) is 22.0 Å². The van der Waals surface area contributed by atoms with E-state index in [1.807, 2.05) is 13.1 Å². The quantitative estimate of drug-likeness (QED) is 0.635. The molecule has 0 spiro atoms. The van der Waals surface area contributed by atoms with Gasteiger partial charge in [0, 0.05) is 38.4 Å².